The van der Waals surface area contributed by atoms with Crippen LogP contribution in [0.3, 0.4) is 0 Å². The van der Waals surface area contributed by atoms with Gasteiger partial charge >= 0.3 is 0 Å². The molecule has 2 aromatic rings. The number of likely N-dealkylation sites (tertiary alicyclic amines) is 1. The molecule has 1 amide bonds. The number of ether oxygens (including phenoxy) is 1. The molecule has 0 aliphatic carbocycles. The Labute approximate surface area is 156 Å². The van der Waals surface area contributed by atoms with Gasteiger partial charge in [-0.25, -0.2) is 0 Å². The van der Waals surface area contributed by atoms with E-state index in [0.717, 1.165) is 17.8 Å². The van der Waals surface area contributed by atoms with Crippen molar-refractivity contribution >= 4 is 17.5 Å². The Balaban J connectivity index is 1.57. The number of nitrogens with two attached hydrogens (primary N) is 1. The second kappa shape index (κ2) is 8.44. The number of primary amides is 1. The van der Waals surface area contributed by atoms with Crippen LogP contribution in [0.5, 0.6) is 5.75 Å². The van der Waals surface area contributed by atoms with E-state index >= 15 is 0 Å². The number of aromatic nitrogens is 2. The molecule has 0 unspecified atom stereocenters. The van der Waals surface area contributed by atoms with Gasteiger partial charge in [0, 0.05) is 44.1 Å². The molecule has 7 nitrogen and oxygen atoms in total. The summed E-state index contributed by atoms with van der Waals surface area (Å²) in [5, 5.41) is 10.8. The summed E-state index contributed by atoms with van der Waals surface area (Å²) in [5.74, 6) is 0.00175. The van der Waals surface area contributed by atoms with E-state index in [1.807, 2.05) is 6.07 Å². The summed E-state index contributed by atoms with van der Waals surface area (Å²) < 4.78 is 5.25. The summed E-state index contributed by atoms with van der Waals surface area (Å²) in [6.07, 6.45) is 5.34. The third-order valence-corrected chi connectivity index (χ3v) is 4.64. The van der Waals surface area contributed by atoms with Crippen LogP contribution < -0.4 is 10.5 Å². The molecule has 1 aliphatic heterocycles. The molecule has 1 aliphatic rings. The number of aliphatic hydroxyl groups excluding tert-OH is 1. The van der Waals surface area contributed by atoms with Crippen LogP contribution in [0.1, 0.15) is 11.3 Å². The normalized spacial score (nSPS) is 20.2. The first-order chi connectivity index (χ1) is 12.5. The summed E-state index contributed by atoms with van der Waals surface area (Å²) in [6.45, 7) is 1.84. The van der Waals surface area contributed by atoms with Gasteiger partial charge in [0.25, 0.3) is 5.91 Å². The van der Waals surface area contributed by atoms with E-state index in [1.165, 1.54) is 0 Å². The predicted molar refractivity (Wildman–Crippen MR) is 96.7 cm³/mol. The first kappa shape index (κ1) is 18.6. The number of hydrogen-bond acceptors (Lipinski definition) is 6. The van der Waals surface area contributed by atoms with Crippen LogP contribution in [0.2, 0.25) is 5.02 Å². The van der Waals surface area contributed by atoms with Crippen molar-refractivity contribution in [2.75, 3.05) is 19.7 Å². The van der Waals surface area contributed by atoms with E-state index in [4.69, 9.17) is 22.1 Å². The lowest BCUT2D eigenvalue weighted by atomic mass is 10.0. The highest BCUT2D eigenvalue weighted by Gasteiger charge is 2.31. The van der Waals surface area contributed by atoms with Crippen molar-refractivity contribution in [1.29, 1.82) is 0 Å². The molecule has 1 fully saturated rings. The average Bonchev–Trinajstić information content (AvgIpc) is 2.94. The van der Waals surface area contributed by atoms with E-state index in [1.54, 1.807) is 30.7 Å². The highest BCUT2D eigenvalue weighted by atomic mass is 35.5. The number of benzene rings is 1. The molecule has 0 saturated carbocycles. The maximum Gasteiger partial charge on any atom is 0.255 e. The summed E-state index contributed by atoms with van der Waals surface area (Å²) in [4.78, 5) is 21.3. The van der Waals surface area contributed by atoms with E-state index in [-0.39, 0.29) is 12.5 Å². The highest BCUT2D eigenvalue weighted by molar-refractivity contribution is 6.32. The van der Waals surface area contributed by atoms with E-state index in [2.05, 4.69) is 14.9 Å². The van der Waals surface area contributed by atoms with Crippen molar-refractivity contribution in [2.45, 2.75) is 19.1 Å². The lowest BCUT2D eigenvalue weighted by Gasteiger charge is -2.16. The molecule has 138 valence electrons. The number of carbonyl (C=O) groups is 1. The fourth-order valence-electron chi connectivity index (χ4n) is 3.14. The van der Waals surface area contributed by atoms with Gasteiger partial charge in [-0.2, -0.15) is 0 Å². The number of amides is 1. The zero-order valence-electron chi connectivity index (χ0n) is 14.2. The molecule has 2 atom stereocenters. The number of rotatable bonds is 7. The molecule has 8 heteroatoms. The third-order valence-electron chi connectivity index (χ3n) is 4.34. The Morgan fingerprint density at radius 3 is 2.92 bits per heavy atom. The monoisotopic (exact) mass is 376 g/mol. The molecule has 1 aromatic heterocycles. The molecule has 26 heavy (non-hydrogen) atoms. The van der Waals surface area contributed by atoms with Crippen LogP contribution in [0.4, 0.5) is 0 Å². The first-order valence-electron chi connectivity index (χ1n) is 8.36. The average molecular weight is 377 g/mol. The Kier molecular flexibility index (Phi) is 6.03. The van der Waals surface area contributed by atoms with Gasteiger partial charge in [-0.3, -0.25) is 19.7 Å². The van der Waals surface area contributed by atoms with Gasteiger partial charge in [-0.1, -0.05) is 17.7 Å². The van der Waals surface area contributed by atoms with Crippen molar-refractivity contribution < 1.29 is 14.6 Å². The molecule has 2 heterocycles. The molecule has 3 rings (SSSR count). The van der Waals surface area contributed by atoms with Gasteiger partial charge in [0.1, 0.15) is 5.75 Å². The van der Waals surface area contributed by atoms with E-state index < -0.39 is 12.0 Å². The Morgan fingerprint density at radius 2 is 2.23 bits per heavy atom. The topological polar surface area (TPSA) is 102 Å². The Morgan fingerprint density at radius 1 is 1.38 bits per heavy atom. The highest BCUT2D eigenvalue weighted by Crippen LogP contribution is 2.28. The molecule has 1 aromatic carbocycles. The Bertz CT molecular complexity index is 759. The van der Waals surface area contributed by atoms with Crippen LogP contribution >= 0.6 is 11.6 Å². The molecule has 1 saturated heterocycles. The second-order valence-corrected chi connectivity index (χ2v) is 6.85. The van der Waals surface area contributed by atoms with Crippen LogP contribution in [0.15, 0.2) is 36.8 Å². The number of nitrogens with zero attached hydrogens (tertiary/aromatic N) is 3. The van der Waals surface area contributed by atoms with Crippen LogP contribution in [-0.2, 0) is 17.8 Å². The van der Waals surface area contributed by atoms with Crippen molar-refractivity contribution in [3.8, 4) is 5.75 Å². The number of halogens is 1. The lowest BCUT2D eigenvalue weighted by Crippen LogP contribution is -2.21. The van der Waals surface area contributed by atoms with Gasteiger partial charge in [0.15, 0.2) is 6.61 Å². The van der Waals surface area contributed by atoms with Crippen molar-refractivity contribution in [3.63, 3.8) is 0 Å². The van der Waals surface area contributed by atoms with Crippen molar-refractivity contribution in [1.82, 2.24) is 14.9 Å². The summed E-state index contributed by atoms with van der Waals surface area (Å²) in [7, 11) is 0. The van der Waals surface area contributed by atoms with Gasteiger partial charge < -0.3 is 15.6 Å². The maximum atomic E-state index is 10.8. The fraction of sp³-hybridized carbons (Fsp3) is 0.389. The number of carbonyl (C=O) groups excluding carboxylic acids is 1. The second-order valence-electron chi connectivity index (χ2n) is 6.44. The lowest BCUT2D eigenvalue weighted by molar-refractivity contribution is -0.119. The predicted octanol–water partition coefficient (Wildman–Crippen LogP) is 1.03. The summed E-state index contributed by atoms with van der Waals surface area (Å²) >= 11 is 6.20. The van der Waals surface area contributed by atoms with Gasteiger partial charge in [-0.15, -0.1) is 0 Å². The van der Waals surface area contributed by atoms with Crippen molar-refractivity contribution in [2.24, 2.45) is 11.7 Å². The van der Waals surface area contributed by atoms with Gasteiger partial charge in [0.05, 0.1) is 16.8 Å². The minimum Gasteiger partial charge on any atom is -0.482 e. The van der Waals surface area contributed by atoms with Crippen LogP contribution in [-0.4, -0.2) is 51.7 Å². The molecular formula is C18H21ClN4O3. The first-order valence-corrected chi connectivity index (χ1v) is 8.74. The number of β-amino-alcohol motifs (C(OH)–C–C–N with tert-alkyl or cyclic N) is 1. The largest absolute Gasteiger partial charge is 0.482 e. The van der Waals surface area contributed by atoms with Gasteiger partial charge in [-0.05, 0) is 24.1 Å². The quantitative estimate of drug-likeness (QED) is 0.748. The maximum absolute atomic E-state index is 10.8. The summed E-state index contributed by atoms with van der Waals surface area (Å²) in [6, 6.07) is 5.43. The SMILES string of the molecule is NC(=O)COc1ccc(CN2C[C@@H](Cc3cnccn3)[C@H](O)C2)cc1Cl. The third kappa shape index (κ3) is 4.91. The van der Waals surface area contributed by atoms with Crippen LogP contribution in [0, 0.1) is 5.92 Å². The van der Waals surface area contributed by atoms with E-state index in [9.17, 15) is 9.90 Å². The van der Waals surface area contributed by atoms with Crippen LogP contribution in [0.25, 0.3) is 0 Å². The zero-order valence-corrected chi connectivity index (χ0v) is 15.0. The van der Waals surface area contributed by atoms with Gasteiger partial charge in [0.2, 0.25) is 0 Å². The molecule has 0 spiro atoms. The smallest absolute Gasteiger partial charge is 0.255 e. The Hall–Kier alpha value is -2.22. The number of aliphatic hydroxyl groups is 1. The number of hydrogen-bond donors (Lipinski definition) is 2. The molecule has 0 radical (unpaired) electrons. The standard InChI is InChI=1S/C18H21ClN4O3/c19-15-5-12(1-2-17(15)26-11-18(20)25)8-23-9-13(16(24)10-23)6-14-7-21-3-4-22-14/h1-5,7,13,16,24H,6,8-11H2,(H2,20,25)/t13-,16-/m1/s1. The minimum atomic E-state index is -0.551. The zero-order chi connectivity index (χ0) is 18.5. The van der Waals surface area contributed by atoms with Crippen molar-refractivity contribution in [3.05, 3.63) is 53.1 Å². The fourth-order valence-corrected chi connectivity index (χ4v) is 3.40. The molecular weight excluding hydrogens is 356 g/mol. The van der Waals surface area contributed by atoms with E-state index in [0.29, 0.717) is 30.3 Å². The minimum absolute atomic E-state index is 0.125. The molecule has 0 bridgehead atoms. The summed E-state index contributed by atoms with van der Waals surface area (Å²) in [5.41, 5.74) is 6.96. The molecule has 3 N–H and O–H groups in total.